The molecule has 2 aromatic rings. The Morgan fingerprint density at radius 1 is 1.33 bits per heavy atom. The van der Waals surface area contributed by atoms with Crippen LogP contribution >= 0.6 is 23.8 Å². The van der Waals surface area contributed by atoms with Crippen LogP contribution in [0.25, 0.3) is 0 Å². The van der Waals surface area contributed by atoms with E-state index in [-0.39, 0.29) is 10.0 Å². The summed E-state index contributed by atoms with van der Waals surface area (Å²) in [5, 5.41) is 3.15. The summed E-state index contributed by atoms with van der Waals surface area (Å²) in [5.74, 6) is 0.0737. The fraction of sp³-hybridized carbons (Fsp3) is 0.200. The summed E-state index contributed by atoms with van der Waals surface area (Å²) in [5.41, 5.74) is 9.24. The minimum Gasteiger partial charge on any atom is -0.389 e. The molecule has 1 heterocycles. The van der Waals surface area contributed by atoms with Gasteiger partial charge in [-0.15, -0.1) is 0 Å². The number of nitrogens with zero attached hydrogens (tertiary/aromatic N) is 1. The SMILES string of the molecule is NC(=S)c1cc2c(nc1Nc1ccc(Cl)c(F)c1)CCC2. The van der Waals surface area contributed by atoms with Gasteiger partial charge >= 0.3 is 0 Å². The summed E-state index contributed by atoms with van der Waals surface area (Å²) < 4.78 is 13.5. The molecule has 0 unspecified atom stereocenters. The van der Waals surface area contributed by atoms with Crippen molar-refractivity contribution in [3.63, 3.8) is 0 Å². The van der Waals surface area contributed by atoms with Gasteiger partial charge in [-0.1, -0.05) is 23.8 Å². The van der Waals surface area contributed by atoms with E-state index in [2.05, 4.69) is 10.3 Å². The lowest BCUT2D eigenvalue weighted by Crippen LogP contribution is -2.14. The normalized spacial score (nSPS) is 13.0. The van der Waals surface area contributed by atoms with Crippen LogP contribution in [0, 0.1) is 5.82 Å². The number of nitrogens with two attached hydrogens (primary N) is 1. The molecular formula is C15H13ClFN3S. The predicted molar refractivity (Wildman–Crippen MR) is 86.8 cm³/mol. The molecule has 1 aromatic carbocycles. The van der Waals surface area contributed by atoms with Gasteiger partial charge in [-0.3, -0.25) is 0 Å². The van der Waals surface area contributed by atoms with Gasteiger partial charge in [0.25, 0.3) is 0 Å². The largest absolute Gasteiger partial charge is 0.389 e. The van der Waals surface area contributed by atoms with Crippen molar-refractivity contribution in [1.82, 2.24) is 4.98 Å². The molecule has 0 amide bonds. The highest BCUT2D eigenvalue weighted by atomic mass is 35.5. The van der Waals surface area contributed by atoms with E-state index in [0.29, 0.717) is 17.1 Å². The highest BCUT2D eigenvalue weighted by molar-refractivity contribution is 7.80. The second kappa shape index (κ2) is 5.58. The van der Waals surface area contributed by atoms with Crippen LogP contribution in [0.5, 0.6) is 0 Å². The zero-order valence-corrected chi connectivity index (χ0v) is 12.7. The Morgan fingerprint density at radius 2 is 2.14 bits per heavy atom. The van der Waals surface area contributed by atoms with Gasteiger partial charge in [-0.25, -0.2) is 9.37 Å². The summed E-state index contributed by atoms with van der Waals surface area (Å²) >= 11 is 10.8. The number of halogens is 2. The molecule has 3 nitrogen and oxygen atoms in total. The van der Waals surface area contributed by atoms with Crippen LogP contribution in [0.3, 0.4) is 0 Å². The number of benzene rings is 1. The lowest BCUT2D eigenvalue weighted by atomic mass is 10.1. The van der Waals surface area contributed by atoms with Crippen LogP contribution in [0.2, 0.25) is 5.02 Å². The molecule has 3 N–H and O–H groups in total. The lowest BCUT2D eigenvalue weighted by molar-refractivity contribution is 0.629. The van der Waals surface area contributed by atoms with Gasteiger partial charge in [0.05, 0.1) is 10.6 Å². The second-order valence-electron chi connectivity index (χ2n) is 4.96. The van der Waals surface area contributed by atoms with Gasteiger partial charge in [0, 0.05) is 11.4 Å². The highest BCUT2D eigenvalue weighted by Crippen LogP contribution is 2.28. The van der Waals surface area contributed by atoms with Crippen LogP contribution in [0.1, 0.15) is 23.2 Å². The van der Waals surface area contributed by atoms with Gasteiger partial charge < -0.3 is 11.1 Å². The summed E-state index contributed by atoms with van der Waals surface area (Å²) in [6.07, 6.45) is 3.02. The number of pyridine rings is 1. The molecule has 6 heteroatoms. The van der Waals surface area contributed by atoms with Gasteiger partial charge in [0.15, 0.2) is 0 Å². The number of aryl methyl sites for hydroxylation is 2. The molecule has 3 rings (SSSR count). The Labute approximate surface area is 132 Å². The number of nitrogens with one attached hydrogen (secondary N) is 1. The van der Waals surface area contributed by atoms with E-state index in [1.807, 2.05) is 6.07 Å². The van der Waals surface area contributed by atoms with Crippen LogP contribution in [-0.4, -0.2) is 9.97 Å². The summed E-state index contributed by atoms with van der Waals surface area (Å²) in [6.45, 7) is 0. The van der Waals surface area contributed by atoms with Crippen molar-refractivity contribution in [2.45, 2.75) is 19.3 Å². The van der Waals surface area contributed by atoms with Crippen molar-refractivity contribution in [3.8, 4) is 0 Å². The number of hydrogen-bond acceptors (Lipinski definition) is 3. The minimum absolute atomic E-state index is 0.0806. The number of fused-ring (bicyclic) bond motifs is 1. The molecule has 0 fully saturated rings. The Morgan fingerprint density at radius 3 is 2.86 bits per heavy atom. The third-order valence-corrected chi connectivity index (χ3v) is 4.03. The topological polar surface area (TPSA) is 50.9 Å². The smallest absolute Gasteiger partial charge is 0.143 e. The highest BCUT2D eigenvalue weighted by Gasteiger charge is 2.18. The standard InChI is InChI=1S/C15H13ClFN3S/c16-11-5-4-9(7-12(11)17)19-15-10(14(18)21)6-8-2-1-3-13(8)20-15/h4-7H,1-3H2,(H2,18,21)(H,19,20). The Hall–Kier alpha value is -1.72. The van der Waals surface area contributed by atoms with Crippen LogP contribution in [-0.2, 0) is 12.8 Å². The molecular weight excluding hydrogens is 309 g/mol. The van der Waals surface area contributed by atoms with E-state index in [1.165, 1.54) is 17.7 Å². The maximum Gasteiger partial charge on any atom is 0.143 e. The number of thiocarbonyl (C=S) groups is 1. The first-order chi connectivity index (χ1) is 10.0. The molecule has 0 saturated heterocycles. The van der Waals surface area contributed by atoms with Crippen molar-refractivity contribution in [1.29, 1.82) is 0 Å². The van der Waals surface area contributed by atoms with E-state index in [9.17, 15) is 4.39 Å². The first-order valence-electron chi connectivity index (χ1n) is 6.59. The Balaban J connectivity index is 2.01. The molecule has 0 radical (unpaired) electrons. The molecule has 0 bridgehead atoms. The summed E-state index contributed by atoms with van der Waals surface area (Å²) in [4.78, 5) is 4.86. The molecule has 0 aliphatic heterocycles. The third kappa shape index (κ3) is 2.84. The molecule has 0 spiro atoms. The average molecular weight is 322 g/mol. The van der Waals surface area contributed by atoms with E-state index in [1.54, 1.807) is 6.07 Å². The van der Waals surface area contributed by atoms with Gasteiger partial charge in [-0.05, 0) is 49.1 Å². The lowest BCUT2D eigenvalue weighted by Gasteiger charge is -2.13. The molecule has 0 atom stereocenters. The zero-order chi connectivity index (χ0) is 15.0. The van der Waals surface area contributed by atoms with E-state index < -0.39 is 5.82 Å². The molecule has 1 aliphatic carbocycles. The summed E-state index contributed by atoms with van der Waals surface area (Å²) in [7, 11) is 0. The van der Waals surface area contributed by atoms with Crippen molar-refractivity contribution in [2.24, 2.45) is 5.73 Å². The third-order valence-electron chi connectivity index (χ3n) is 3.50. The maximum atomic E-state index is 13.5. The number of rotatable bonds is 3. The molecule has 0 saturated carbocycles. The van der Waals surface area contributed by atoms with Crippen LogP contribution in [0.4, 0.5) is 15.9 Å². The first kappa shape index (κ1) is 14.2. The van der Waals surface area contributed by atoms with Crippen molar-refractivity contribution < 1.29 is 4.39 Å². The number of anilines is 2. The first-order valence-corrected chi connectivity index (χ1v) is 7.38. The fourth-order valence-corrected chi connectivity index (χ4v) is 2.74. The van der Waals surface area contributed by atoms with Gasteiger partial charge in [0.2, 0.25) is 0 Å². The van der Waals surface area contributed by atoms with E-state index in [0.717, 1.165) is 25.0 Å². The molecule has 108 valence electrons. The molecule has 1 aliphatic rings. The second-order valence-corrected chi connectivity index (χ2v) is 5.81. The van der Waals surface area contributed by atoms with Crippen molar-refractivity contribution in [3.05, 3.63) is 51.9 Å². The van der Waals surface area contributed by atoms with E-state index >= 15 is 0 Å². The van der Waals surface area contributed by atoms with Crippen molar-refractivity contribution in [2.75, 3.05) is 5.32 Å². The zero-order valence-electron chi connectivity index (χ0n) is 11.1. The van der Waals surface area contributed by atoms with Crippen molar-refractivity contribution >= 4 is 40.3 Å². The van der Waals surface area contributed by atoms with E-state index in [4.69, 9.17) is 29.6 Å². The quantitative estimate of drug-likeness (QED) is 0.846. The Bertz CT molecular complexity index is 733. The maximum absolute atomic E-state index is 13.5. The summed E-state index contributed by atoms with van der Waals surface area (Å²) in [6, 6.07) is 6.48. The predicted octanol–water partition coefficient (Wildman–Crippen LogP) is 3.74. The molecule has 21 heavy (non-hydrogen) atoms. The van der Waals surface area contributed by atoms with Crippen LogP contribution in [0.15, 0.2) is 24.3 Å². The van der Waals surface area contributed by atoms with Gasteiger partial charge in [0.1, 0.15) is 16.6 Å². The Kier molecular flexibility index (Phi) is 3.78. The fourth-order valence-electron chi connectivity index (χ4n) is 2.47. The van der Waals surface area contributed by atoms with Crippen LogP contribution < -0.4 is 11.1 Å². The average Bonchev–Trinajstić information content (AvgIpc) is 2.89. The van der Waals surface area contributed by atoms with Gasteiger partial charge in [-0.2, -0.15) is 0 Å². The molecule has 1 aromatic heterocycles. The number of hydrogen-bond donors (Lipinski definition) is 2. The minimum atomic E-state index is -0.486. The number of aromatic nitrogens is 1. The monoisotopic (exact) mass is 321 g/mol.